The summed E-state index contributed by atoms with van der Waals surface area (Å²) < 4.78 is 68.0. The molecule has 0 amide bonds. The van der Waals surface area contributed by atoms with Gasteiger partial charge >= 0.3 is 29.2 Å². The molecule has 192 valence electrons. The highest BCUT2D eigenvalue weighted by Crippen LogP contribution is 2.67. The zero-order valence-electron chi connectivity index (χ0n) is 17.2. The van der Waals surface area contributed by atoms with Crippen molar-refractivity contribution in [2.45, 2.75) is 38.0 Å². The Labute approximate surface area is 189 Å². The van der Waals surface area contributed by atoms with Gasteiger partial charge in [-0.3, -0.25) is 18.9 Å². The van der Waals surface area contributed by atoms with E-state index in [0.717, 1.165) is 13.0 Å². The molecule has 16 nitrogen and oxygen atoms in total. The van der Waals surface area contributed by atoms with E-state index in [1.165, 1.54) is 6.92 Å². The number of alkyl halides is 1. The molecule has 1 aromatic heterocycles. The minimum absolute atomic E-state index is 0.0890. The van der Waals surface area contributed by atoms with Crippen LogP contribution in [0, 0.1) is 25.2 Å². The first-order valence-electron chi connectivity index (χ1n) is 8.93. The minimum atomic E-state index is -5.83. The number of rotatable bonds is 9. The molecule has 20 heteroatoms. The van der Waals surface area contributed by atoms with E-state index in [1.807, 2.05) is 4.98 Å². The number of hydrogen-bond donors (Lipinski definition) is 6. The van der Waals surface area contributed by atoms with E-state index in [1.54, 1.807) is 5.92 Å². The van der Waals surface area contributed by atoms with Gasteiger partial charge in [0.05, 0.1) is 24.7 Å². The number of aliphatic hydroxyl groups excluding tert-OH is 1. The number of halogens is 1. The van der Waals surface area contributed by atoms with Crippen LogP contribution in [0.2, 0.25) is 0 Å². The lowest BCUT2D eigenvalue weighted by molar-refractivity contribution is -0.0751. The second kappa shape index (κ2) is 9.87. The largest absolute Gasteiger partial charge is 0.490 e. The normalized spacial score (nSPS) is 29.7. The Balaban J connectivity index is 2.38. The topological polar surface area (TPSA) is 244 Å². The third kappa shape index (κ3) is 6.38. The monoisotopic (exact) mass is 552 g/mol. The molecule has 0 aliphatic carbocycles. The van der Waals surface area contributed by atoms with Gasteiger partial charge in [0.15, 0.2) is 6.23 Å². The summed E-state index contributed by atoms with van der Waals surface area (Å²) in [5.74, 6) is 0.0522. The molecule has 1 aliphatic heterocycles. The Hall–Kier alpha value is -1.50. The number of phosphoric ester groups is 1. The highest BCUT2D eigenvalue weighted by molar-refractivity contribution is 7.66. The molecule has 1 aromatic rings. The number of H-pyrrole nitrogens is 1. The Morgan fingerprint density at radius 3 is 2.32 bits per heavy atom. The second-order valence-corrected chi connectivity index (χ2v) is 11.4. The van der Waals surface area contributed by atoms with Gasteiger partial charge in [-0.05, 0) is 13.8 Å². The van der Waals surface area contributed by atoms with E-state index in [2.05, 4.69) is 13.1 Å². The van der Waals surface area contributed by atoms with Crippen molar-refractivity contribution in [3.63, 3.8) is 0 Å². The Kier molecular flexibility index (Phi) is 8.34. The lowest BCUT2D eigenvalue weighted by Gasteiger charge is -2.28. The molecule has 0 radical (unpaired) electrons. The first kappa shape index (κ1) is 28.7. The average Bonchev–Trinajstić information content (AvgIpc) is 2.90. The van der Waals surface area contributed by atoms with Crippen molar-refractivity contribution in [3.8, 4) is 12.3 Å². The number of hydrogen-bond acceptors (Lipinski definition) is 10. The number of nitrogens with one attached hydrogen (secondary N) is 1. The fraction of sp³-hybridized carbons (Fsp3) is 0.571. The van der Waals surface area contributed by atoms with Crippen molar-refractivity contribution in [2.75, 3.05) is 6.61 Å². The van der Waals surface area contributed by atoms with Crippen LogP contribution in [0.3, 0.4) is 0 Å². The zero-order chi connectivity index (χ0) is 26.3. The van der Waals surface area contributed by atoms with Gasteiger partial charge in [0.1, 0.15) is 0 Å². The van der Waals surface area contributed by atoms with E-state index in [4.69, 9.17) is 20.9 Å². The van der Waals surface area contributed by atoms with Crippen molar-refractivity contribution in [1.29, 1.82) is 0 Å². The Bertz CT molecular complexity index is 1240. The van der Waals surface area contributed by atoms with Crippen LogP contribution in [-0.2, 0) is 31.6 Å². The fourth-order valence-electron chi connectivity index (χ4n) is 3.35. The summed E-state index contributed by atoms with van der Waals surface area (Å²) in [5.41, 5.74) is -4.95. The Morgan fingerprint density at radius 2 is 1.85 bits per heavy atom. The number of aromatic amines is 1. The number of phosphoric acid groups is 3. The summed E-state index contributed by atoms with van der Waals surface area (Å²) in [6.45, 7) is 1.20. The van der Waals surface area contributed by atoms with E-state index in [9.17, 15) is 38.2 Å². The smallest absolute Gasteiger partial charge is 0.396 e. The number of terminal acetylenes is 1. The van der Waals surface area contributed by atoms with E-state index < -0.39 is 71.3 Å². The highest BCUT2D eigenvalue weighted by atomic mass is 31.3. The summed E-state index contributed by atoms with van der Waals surface area (Å²) in [6, 6.07) is 0.929. The van der Waals surface area contributed by atoms with Crippen LogP contribution in [-0.4, -0.2) is 58.7 Å². The van der Waals surface area contributed by atoms with Gasteiger partial charge in [-0.15, -0.1) is 6.42 Å². The van der Waals surface area contributed by atoms with Gasteiger partial charge in [-0.2, -0.15) is 8.62 Å². The number of nitrogens with zero attached hydrogens (tertiary/aromatic N) is 1. The van der Waals surface area contributed by atoms with Crippen LogP contribution in [0.25, 0.3) is 0 Å². The van der Waals surface area contributed by atoms with Crippen LogP contribution in [0.4, 0.5) is 4.39 Å². The van der Waals surface area contributed by atoms with Gasteiger partial charge in [0, 0.05) is 11.8 Å². The molecule has 2 heterocycles. The molecule has 1 saturated heterocycles. The molecule has 0 aromatic carbocycles. The molecule has 4 unspecified atom stereocenters. The zero-order valence-corrected chi connectivity index (χ0v) is 19.9. The molecule has 6 N–H and O–H groups in total. The van der Waals surface area contributed by atoms with E-state index in [-0.39, 0.29) is 5.69 Å². The predicted molar refractivity (Wildman–Crippen MR) is 108 cm³/mol. The quantitative estimate of drug-likeness (QED) is 0.166. The standard InChI is InChI=1S/C14H20FN2O14P3/c1-4-14(15)9(6-18)11(28-12(14)17-7(2)5-10(19)16-13(17)20)8(3)29-33(24,25)31-34(26,27)30-32(21,22)23/h1,5,8-9,11-12,18H,6H2,2-3H3,(H,24,25)(H,26,27)(H,16,19,20)(H2,21,22,23)/t8-,9?,11-,12-,14?/m1/s1. The molecule has 1 fully saturated rings. The van der Waals surface area contributed by atoms with Gasteiger partial charge in [-0.25, -0.2) is 22.9 Å². The molecule has 0 saturated carbocycles. The van der Waals surface area contributed by atoms with Gasteiger partial charge in [-0.1, -0.05) is 5.92 Å². The summed E-state index contributed by atoms with van der Waals surface area (Å²) >= 11 is 0. The summed E-state index contributed by atoms with van der Waals surface area (Å²) in [7, 11) is -17.1. The first-order chi connectivity index (χ1) is 15.4. The molecule has 34 heavy (non-hydrogen) atoms. The lowest BCUT2D eigenvalue weighted by atomic mass is 9.85. The van der Waals surface area contributed by atoms with Crippen molar-refractivity contribution < 1.29 is 60.6 Å². The molecule has 1 aliphatic rings. The van der Waals surface area contributed by atoms with Gasteiger partial charge in [0.2, 0.25) is 5.67 Å². The number of aryl methyl sites for hydroxylation is 1. The van der Waals surface area contributed by atoms with Gasteiger partial charge < -0.3 is 29.4 Å². The van der Waals surface area contributed by atoms with E-state index in [0.29, 0.717) is 4.57 Å². The lowest BCUT2D eigenvalue weighted by Crippen LogP contribution is -2.44. The maximum atomic E-state index is 15.8. The number of aromatic nitrogens is 2. The molecular formula is C14H20FN2O14P3. The molecule has 0 bridgehead atoms. The van der Waals surface area contributed by atoms with Crippen LogP contribution in [0.1, 0.15) is 18.8 Å². The molecular weight excluding hydrogens is 532 g/mol. The number of ether oxygens (including phenoxy) is 1. The van der Waals surface area contributed by atoms with Crippen LogP contribution >= 0.6 is 23.5 Å². The molecule has 2 rings (SSSR count). The predicted octanol–water partition coefficient (Wildman–Crippen LogP) is -0.576. The van der Waals surface area contributed by atoms with Crippen molar-refractivity contribution in [2.24, 2.45) is 5.92 Å². The second-order valence-electron chi connectivity index (χ2n) is 7.01. The maximum absolute atomic E-state index is 15.8. The summed E-state index contributed by atoms with van der Waals surface area (Å²) in [6.07, 6.45) is -0.122. The summed E-state index contributed by atoms with van der Waals surface area (Å²) in [5, 5.41) is 9.74. The van der Waals surface area contributed by atoms with Crippen LogP contribution in [0.15, 0.2) is 15.7 Å². The third-order valence-electron chi connectivity index (χ3n) is 4.58. The molecule has 7 atom stereocenters. The fourth-order valence-corrected chi connectivity index (χ4v) is 6.55. The first-order valence-corrected chi connectivity index (χ1v) is 13.5. The van der Waals surface area contributed by atoms with Crippen molar-refractivity contribution in [1.82, 2.24) is 9.55 Å². The minimum Gasteiger partial charge on any atom is -0.396 e. The average molecular weight is 552 g/mol. The number of aliphatic hydroxyl groups is 1. The van der Waals surface area contributed by atoms with E-state index >= 15 is 4.39 Å². The van der Waals surface area contributed by atoms with Crippen molar-refractivity contribution >= 4 is 23.5 Å². The van der Waals surface area contributed by atoms with Crippen LogP contribution in [0.5, 0.6) is 0 Å². The van der Waals surface area contributed by atoms with Gasteiger partial charge in [0.25, 0.3) is 5.56 Å². The maximum Gasteiger partial charge on any atom is 0.490 e. The molecule has 0 spiro atoms. The highest BCUT2D eigenvalue weighted by Gasteiger charge is 2.60. The van der Waals surface area contributed by atoms with Crippen molar-refractivity contribution in [3.05, 3.63) is 32.6 Å². The Morgan fingerprint density at radius 1 is 1.26 bits per heavy atom. The summed E-state index contributed by atoms with van der Waals surface area (Å²) in [4.78, 5) is 61.7. The van der Waals surface area contributed by atoms with Crippen LogP contribution < -0.4 is 11.2 Å². The SMILES string of the molecule is C#CC1(F)C(CO)[C@@H]([C@@H](C)OP(=O)(O)OP(=O)(O)OP(=O)(O)O)O[C@H]1n1c(C)cc(=O)[nH]c1=O. The third-order valence-corrected chi connectivity index (χ3v) is 8.51.